The third kappa shape index (κ3) is 2.52. The number of nitrogens with zero attached hydrogens (tertiary/aromatic N) is 2. The van der Waals surface area contributed by atoms with Crippen LogP contribution in [0.1, 0.15) is 31.4 Å². The maximum Gasteiger partial charge on any atom is 0.269 e. The van der Waals surface area contributed by atoms with Crippen molar-refractivity contribution in [2.45, 2.75) is 31.8 Å². The molecule has 0 saturated carbocycles. The smallest absolute Gasteiger partial charge is 0.269 e. The van der Waals surface area contributed by atoms with E-state index in [9.17, 15) is 10.1 Å². The first-order valence-electron chi connectivity index (χ1n) is 6.37. The highest BCUT2D eigenvalue weighted by Gasteiger charge is 2.29. The summed E-state index contributed by atoms with van der Waals surface area (Å²) in [6.45, 7) is 4.03. The van der Waals surface area contributed by atoms with Crippen LogP contribution in [0.2, 0.25) is 0 Å². The second-order valence-electron chi connectivity index (χ2n) is 4.73. The summed E-state index contributed by atoms with van der Waals surface area (Å²) in [4.78, 5) is 12.8. The molecule has 0 amide bonds. The number of nitrogens with two attached hydrogens (primary N) is 1. The minimum absolute atomic E-state index is 0.0562. The lowest BCUT2D eigenvalue weighted by Crippen LogP contribution is -2.45. The van der Waals surface area contributed by atoms with Crippen molar-refractivity contribution in [3.8, 4) is 0 Å². The lowest BCUT2D eigenvalue weighted by atomic mass is 9.91. The van der Waals surface area contributed by atoms with Gasteiger partial charge < -0.3 is 5.73 Å². The standard InChI is InChI=1S/C13H19N3O2/c1-2-15-8-4-7-12(14)13(15)10-5-3-6-11(9-10)16(17)18/h3,5-6,9,12-13H,2,4,7-8,14H2,1H3. The van der Waals surface area contributed by atoms with Gasteiger partial charge in [0.25, 0.3) is 5.69 Å². The first-order chi connectivity index (χ1) is 8.63. The molecule has 0 spiro atoms. The Hall–Kier alpha value is -1.46. The first kappa shape index (κ1) is 13.0. The molecule has 2 rings (SSSR count). The van der Waals surface area contributed by atoms with Gasteiger partial charge in [0.05, 0.1) is 11.0 Å². The molecule has 5 heteroatoms. The van der Waals surface area contributed by atoms with Crippen molar-refractivity contribution in [1.82, 2.24) is 4.90 Å². The minimum Gasteiger partial charge on any atom is -0.326 e. The number of likely N-dealkylation sites (tertiary alicyclic amines) is 1. The Morgan fingerprint density at radius 3 is 3.00 bits per heavy atom. The number of rotatable bonds is 3. The largest absolute Gasteiger partial charge is 0.326 e. The molecular weight excluding hydrogens is 230 g/mol. The molecule has 1 aromatic carbocycles. The van der Waals surface area contributed by atoms with Crippen LogP contribution in [0, 0.1) is 10.1 Å². The van der Waals surface area contributed by atoms with Gasteiger partial charge in [0.15, 0.2) is 0 Å². The molecular formula is C13H19N3O2. The van der Waals surface area contributed by atoms with E-state index in [1.165, 1.54) is 6.07 Å². The fourth-order valence-electron chi connectivity index (χ4n) is 2.73. The molecule has 1 aliphatic rings. The van der Waals surface area contributed by atoms with Gasteiger partial charge in [-0.1, -0.05) is 19.1 Å². The van der Waals surface area contributed by atoms with Crippen LogP contribution in [0.3, 0.4) is 0 Å². The number of benzene rings is 1. The molecule has 0 bridgehead atoms. The third-order valence-corrected chi connectivity index (χ3v) is 3.61. The van der Waals surface area contributed by atoms with Gasteiger partial charge in [-0.3, -0.25) is 15.0 Å². The van der Waals surface area contributed by atoms with Crippen LogP contribution in [-0.4, -0.2) is 29.0 Å². The maximum atomic E-state index is 10.8. The average Bonchev–Trinajstić information content (AvgIpc) is 2.38. The summed E-state index contributed by atoms with van der Waals surface area (Å²) in [5, 5.41) is 10.8. The minimum atomic E-state index is -0.353. The summed E-state index contributed by atoms with van der Waals surface area (Å²) in [5.41, 5.74) is 7.29. The summed E-state index contributed by atoms with van der Waals surface area (Å²) in [6, 6.07) is 7.00. The van der Waals surface area contributed by atoms with E-state index < -0.39 is 0 Å². The van der Waals surface area contributed by atoms with E-state index >= 15 is 0 Å². The fraction of sp³-hybridized carbons (Fsp3) is 0.538. The van der Waals surface area contributed by atoms with Crippen molar-refractivity contribution in [1.29, 1.82) is 0 Å². The first-order valence-corrected chi connectivity index (χ1v) is 6.37. The number of likely N-dealkylation sites (N-methyl/N-ethyl adjacent to an activating group) is 1. The van der Waals surface area contributed by atoms with E-state index in [-0.39, 0.29) is 22.7 Å². The quantitative estimate of drug-likeness (QED) is 0.657. The number of non-ortho nitro benzene ring substituents is 1. The molecule has 0 radical (unpaired) electrons. The van der Waals surface area contributed by atoms with E-state index in [2.05, 4.69) is 11.8 Å². The van der Waals surface area contributed by atoms with Crippen molar-refractivity contribution in [3.63, 3.8) is 0 Å². The van der Waals surface area contributed by atoms with Gasteiger partial charge in [0.1, 0.15) is 0 Å². The topological polar surface area (TPSA) is 72.4 Å². The molecule has 1 fully saturated rings. The molecule has 98 valence electrons. The Labute approximate surface area is 107 Å². The predicted molar refractivity (Wildman–Crippen MR) is 70.3 cm³/mol. The summed E-state index contributed by atoms with van der Waals surface area (Å²) in [6.07, 6.45) is 2.07. The lowest BCUT2D eigenvalue weighted by molar-refractivity contribution is -0.385. The van der Waals surface area contributed by atoms with E-state index in [0.29, 0.717) is 0 Å². The fourth-order valence-corrected chi connectivity index (χ4v) is 2.73. The predicted octanol–water partition coefficient (Wildman–Crippen LogP) is 2.08. The zero-order valence-electron chi connectivity index (χ0n) is 10.6. The van der Waals surface area contributed by atoms with Crippen molar-refractivity contribution in [2.75, 3.05) is 13.1 Å². The van der Waals surface area contributed by atoms with Crippen LogP contribution >= 0.6 is 0 Å². The van der Waals surface area contributed by atoms with Crippen LogP contribution in [0.4, 0.5) is 5.69 Å². The number of nitro groups is 1. The zero-order valence-corrected chi connectivity index (χ0v) is 10.6. The van der Waals surface area contributed by atoms with Gasteiger partial charge >= 0.3 is 0 Å². The Morgan fingerprint density at radius 2 is 2.33 bits per heavy atom. The number of nitro benzene ring substituents is 1. The summed E-state index contributed by atoms with van der Waals surface area (Å²) in [5.74, 6) is 0. The molecule has 0 aliphatic carbocycles. The Kier molecular flexibility index (Phi) is 3.93. The van der Waals surface area contributed by atoms with Gasteiger partial charge in [-0.05, 0) is 31.5 Å². The monoisotopic (exact) mass is 249 g/mol. The van der Waals surface area contributed by atoms with E-state index in [4.69, 9.17) is 5.73 Å². The summed E-state index contributed by atoms with van der Waals surface area (Å²) >= 11 is 0. The second-order valence-corrected chi connectivity index (χ2v) is 4.73. The third-order valence-electron chi connectivity index (χ3n) is 3.61. The average molecular weight is 249 g/mol. The van der Waals surface area contributed by atoms with Crippen molar-refractivity contribution in [2.24, 2.45) is 5.73 Å². The highest BCUT2D eigenvalue weighted by atomic mass is 16.6. The van der Waals surface area contributed by atoms with Crippen molar-refractivity contribution >= 4 is 5.69 Å². The van der Waals surface area contributed by atoms with Gasteiger partial charge in [0, 0.05) is 18.2 Å². The van der Waals surface area contributed by atoms with Crippen LogP contribution in [0.15, 0.2) is 24.3 Å². The lowest BCUT2D eigenvalue weighted by Gasteiger charge is -2.39. The normalized spacial score (nSPS) is 25.0. The molecule has 2 unspecified atom stereocenters. The second kappa shape index (κ2) is 5.46. The van der Waals surface area contributed by atoms with Crippen LogP contribution in [-0.2, 0) is 0 Å². The van der Waals surface area contributed by atoms with Gasteiger partial charge in [-0.25, -0.2) is 0 Å². The number of hydrogen-bond donors (Lipinski definition) is 1. The van der Waals surface area contributed by atoms with Crippen molar-refractivity contribution in [3.05, 3.63) is 39.9 Å². The zero-order chi connectivity index (χ0) is 13.1. The van der Waals surface area contributed by atoms with Gasteiger partial charge in [0.2, 0.25) is 0 Å². The van der Waals surface area contributed by atoms with E-state index in [1.807, 2.05) is 6.07 Å². The van der Waals surface area contributed by atoms with E-state index in [1.54, 1.807) is 12.1 Å². The Bertz CT molecular complexity index is 436. The molecule has 1 saturated heterocycles. The summed E-state index contributed by atoms with van der Waals surface area (Å²) in [7, 11) is 0. The van der Waals surface area contributed by atoms with Crippen LogP contribution in [0.5, 0.6) is 0 Å². The number of piperidine rings is 1. The van der Waals surface area contributed by atoms with Crippen LogP contribution in [0.25, 0.3) is 0 Å². The molecule has 2 N–H and O–H groups in total. The highest BCUT2D eigenvalue weighted by Crippen LogP contribution is 2.31. The highest BCUT2D eigenvalue weighted by molar-refractivity contribution is 5.36. The summed E-state index contributed by atoms with van der Waals surface area (Å²) < 4.78 is 0. The molecule has 2 atom stereocenters. The Morgan fingerprint density at radius 1 is 1.56 bits per heavy atom. The molecule has 1 aromatic rings. The maximum absolute atomic E-state index is 10.8. The van der Waals surface area contributed by atoms with E-state index in [0.717, 1.165) is 31.5 Å². The molecule has 1 heterocycles. The molecule has 0 aromatic heterocycles. The van der Waals surface area contributed by atoms with Crippen molar-refractivity contribution < 1.29 is 4.92 Å². The SMILES string of the molecule is CCN1CCCC(N)C1c1cccc([N+](=O)[O-])c1. The van der Waals surface area contributed by atoms with Gasteiger partial charge in [-0.15, -0.1) is 0 Å². The van der Waals surface area contributed by atoms with Crippen LogP contribution < -0.4 is 5.73 Å². The molecule has 5 nitrogen and oxygen atoms in total. The number of hydrogen-bond acceptors (Lipinski definition) is 4. The van der Waals surface area contributed by atoms with Gasteiger partial charge in [-0.2, -0.15) is 0 Å². The molecule has 18 heavy (non-hydrogen) atoms. The molecule has 1 aliphatic heterocycles. The Balaban J connectivity index is 2.32.